The van der Waals surface area contributed by atoms with Crippen molar-refractivity contribution in [3.05, 3.63) is 42.2 Å². The van der Waals surface area contributed by atoms with Gasteiger partial charge in [0.05, 0.1) is 18.2 Å². The van der Waals surface area contributed by atoms with E-state index in [0.29, 0.717) is 13.1 Å². The number of esters is 1. The van der Waals surface area contributed by atoms with Crippen molar-refractivity contribution in [2.75, 3.05) is 20.1 Å². The number of carbonyl (C=O) groups is 1. The number of ether oxygens (including phenoxy) is 1. The Morgan fingerprint density at radius 2 is 2.11 bits per heavy atom. The number of nitrogens with one attached hydrogen (secondary N) is 1. The number of nitrogens with zero attached hydrogens (tertiary/aromatic N) is 3. The van der Waals surface area contributed by atoms with Crippen LogP contribution in [0.15, 0.2) is 41.5 Å². The molecule has 3 rings (SSSR count). The van der Waals surface area contributed by atoms with Gasteiger partial charge >= 0.3 is 5.97 Å². The van der Waals surface area contributed by atoms with E-state index in [-0.39, 0.29) is 11.9 Å². The molecule has 1 N–H and O–H groups in total. The molecule has 0 saturated carbocycles. The smallest absolute Gasteiger partial charge is 0.311 e. The van der Waals surface area contributed by atoms with Gasteiger partial charge in [0.15, 0.2) is 5.96 Å². The minimum atomic E-state index is -0.454. The Hall–Kier alpha value is -2.63. The molecule has 2 aromatic rings. The molecular formula is C21H28N4O2. The van der Waals surface area contributed by atoms with Crippen LogP contribution in [0.5, 0.6) is 0 Å². The first-order chi connectivity index (χ1) is 12.9. The van der Waals surface area contributed by atoms with E-state index < -0.39 is 5.60 Å². The minimum absolute atomic E-state index is 0.113. The monoisotopic (exact) mass is 368 g/mol. The van der Waals surface area contributed by atoms with Gasteiger partial charge in [-0.25, -0.2) is 0 Å². The number of guanidine groups is 1. The van der Waals surface area contributed by atoms with E-state index in [9.17, 15) is 4.79 Å². The van der Waals surface area contributed by atoms with Crippen molar-refractivity contribution >= 4 is 22.7 Å². The molecule has 2 heterocycles. The Bertz CT molecular complexity index is 836. The van der Waals surface area contributed by atoms with Crippen molar-refractivity contribution < 1.29 is 9.53 Å². The predicted octanol–water partition coefficient (Wildman–Crippen LogP) is 2.97. The molecule has 0 amide bonds. The van der Waals surface area contributed by atoms with Gasteiger partial charge in [-0.15, -0.1) is 0 Å². The highest BCUT2D eigenvalue weighted by molar-refractivity contribution is 5.85. The van der Waals surface area contributed by atoms with Gasteiger partial charge in [0.2, 0.25) is 0 Å². The van der Waals surface area contributed by atoms with Crippen LogP contribution in [0.3, 0.4) is 0 Å². The molecule has 6 nitrogen and oxygen atoms in total. The third-order valence-electron chi connectivity index (χ3n) is 4.61. The van der Waals surface area contributed by atoms with Crippen molar-refractivity contribution in [2.45, 2.75) is 39.3 Å². The van der Waals surface area contributed by atoms with Crippen molar-refractivity contribution in [3.63, 3.8) is 0 Å². The van der Waals surface area contributed by atoms with Crippen molar-refractivity contribution in [1.29, 1.82) is 0 Å². The Kier molecular flexibility index (Phi) is 5.63. The van der Waals surface area contributed by atoms with Gasteiger partial charge in [0.25, 0.3) is 0 Å². The summed E-state index contributed by atoms with van der Waals surface area (Å²) in [7, 11) is 1.76. The molecule has 1 fully saturated rings. The van der Waals surface area contributed by atoms with Crippen LogP contribution >= 0.6 is 0 Å². The van der Waals surface area contributed by atoms with E-state index in [4.69, 9.17) is 4.74 Å². The summed E-state index contributed by atoms with van der Waals surface area (Å²) in [5, 5.41) is 5.70. The topological polar surface area (TPSA) is 66.8 Å². The molecule has 1 saturated heterocycles. The summed E-state index contributed by atoms with van der Waals surface area (Å²) in [5.41, 5.74) is 0.530. The van der Waals surface area contributed by atoms with E-state index in [0.717, 1.165) is 30.0 Å². The normalized spacial score (nSPS) is 18.0. The molecule has 0 spiro atoms. The summed E-state index contributed by atoms with van der Waals surface area (Å²) in [5.74, 6) is 0.547. The Labute approximate surface area is 160 Å². The minimum Gasteiger partial charge on any atom is -0.460 e. The number of aromatic nitrogens is 1. The lowest BCUT2D eigenvalue weighted by molar-refractivity contribution is -0.159. The Morgan fingerprint density at radius 3 is 2.85 bits per heavy atom. The van der Waals surface area contributed by atoms with Crippen molar-refractivity contribution in [1.82, 2.24) is 15.2 Å². The zero-order chi connectivity index (χ0) is 19.4. The second-order valence-electron chi connectivity index (χ2n) is 7.84. The average molecular weight is 368 g/mol. The third-order valence-corrected chi connectivity index (χ3v) is 4.61. The van der Waals surface area contributed by atoms with Gasteiger partial charge in [-0.05, 0) is 38.6 Å². The number of hydrogen-bond acceptors (Lipinski definition) is 4. The number of benzene rings is 1. The molecule has 0 radical (unpaired) electrons. The maximum atomic E-state index is 12.3. The summed E-state index contributed by atoms with van der Waals surface area (Å²) in [4.78, 5) is 23.3. The van der Waals surface area contributed by atoms with Crippen molar-refractivity contribution in [3.8, 4) is 0 Å². The maximum absolute atomic E-state index is 12.3. The molecule has 27 heavy (non-hydrogen) atoms. The second kappa shape index (κ2) is 7.94. The van der Waals surface area contributed by atoms with E-state index in [1.807, 2.05) is 45.2 Å². The zero-order valence-electron chi connectivity index (χ0n) is 16.5. The Balaban J connectivity index is 1.62. The van der Waals surface area contributed by atoms with Gasteiger partial charge in [0.1, 0.15) is 5.60 Å². The van der Waals surface area contributed by atoms with Crippen molar-refractivity contribution in [2.24, 2.45) is 10.9 Å². The predicted molar refractivity (Wildman–Crippen MR) is 107 cm³/mol. The number of pyridine rings is 1. The summed E-state index contributed by atoms with van der Waals surface area (Å²) >= 11 is 0. The van der Waals surface area contributed by atoms with Crippen LogP contribution in [0.1, 0.15) is 32.9 Å². The molecule has 1 atom stereocenters. The number of aliphatic imine (C=N–C) groups is 1. The number of fused-ring (bicyclic) bond motifs is 1. The highest BCUT2D eigenvalue weighted by Gasteiger charge is 2.33. The molecule has 1 unspecified atom stereocenters. The lowest BCUT2D eigenvalue weighted by Crippen LogP contribution is -2.40. The lowest BCUT2D eigenvalue weighted by Gasteiger charge is -2.23. The second-order valence-corrected chi connectivity index (χ2v) is 7.84. The summed E-state index contributed by atoms with van der Waals surface area (Å²) < 4.78 is 5.52. The van der Waals surface area contributed by atoms with Crippen LogP contribution in [0, 0.1) is 5.92 Å². The molecule has 1 aliphatic rings. The van der Waals surface area contributed by atoms with Crippen LogP contribution in [0.4, 0.5) is 0 Å². The van der Waals surface area contributed by atoms with E-state index in [2.05, 4.69) is 32.3 Å². The zero-order valence-corrected chi connectivity index (χ0v) is 16.5. The maximum Gasteiger partial charge on any atom is 0.311 e. The van der Waals surface area contributed by atoms with Crippen LogP contribution in [-0.4, -0.2) is 47.6 Å². The fraction of sp³-hybridized carbons (Fsp3) is 0.476. The van der Waals surface area contributed by atoms with Gasteiger partial charge in [-0.1, -0.05) is 24.3 Å². The van der Waals surface area contributed by atoms with Gasteiger partial charge in [0, 0.05) is 31.7 Å². The van der Waals surface area contributed by atoms with E-state index in [1.165, 1.54) is 5.39 Å². The molecule has 6 heteroatoms. The third kappa shape index (κ3) is 4.76. The number of likely N-dealkylation sites (tertiary alicyclic amines) is 1. The average Bonchev–Trinajstić information content (AvgIpc) is 3.11. The van der Waals surface area contributed by atoms with Gasteiger partial charge in [-0.3, -0.25) is 14.8 Å². The van der Waals surface area contributed by atoms with Crippen LogP contribution < -0.4 is 5.32 Å². The summed E-state index contributed by atoms with van der Waals surface area (Å²) in [6.07, 6.45) is 2.61. The van der Waals surface area contributed by atoms with Gasteiger partial charge < -0.3 is 15.0 Å². The number of hydrogen-bond donors (Lipinski definition) is 1. The highest BCUT2D eigenvalue weighted by atomic mass is 16.6. The number of carbonyl (C=O) groups excluding carboxylic acids is 1. The van der Waals surface area contributed by atoms with E-state index in [1.54, 1.807) is 7.05 Å². The quantitative estimate of drug-likeness (QED) is 0.512. The fourth-order valence-corrected chi connectivity index (χ4v) is 3.35. The molecule has 0 bridgehead atoms. The van der Waals surface area contributed by atoms with Gasteiger partial charge in [-0.2, -0.15) is 0 Å². The van der Waals surface area contributed by atoms with Crippen LogP contribution in [0.25, 0.3) is 10.8 Å². The SMILES string of the molecule is CN=C(NCc1nccc2ccccc12)N1CCC(C(=O)OC(C)(C)C)C1. The standard InChI is InChI=1S/C21H28N4O2/c1-21(2,3)27-19(26)16-10-12-25(14-16)20(22-4)24-13-18-17-8-6-5-7-15(17)9-11-23-18/h5-9,11,16H,10,12-14H2,1-4H3,(H,22,24). The number of rotatable bonds is 3. The first-order valence-electron chi connectivity index (χ1n) is 9.38. The highest BCUT2D eigenvalue weighted by Crippen LogP contribution is 2.21. The molecule has 144 valence electrons. The largest absolute Gasteiger partial charge is 0.460 e. The van der Waals surface area contributed by atoms with Crippen LogP contribution in [0.2, 0.25) is 0 Å². The summed E-state index contributed by atoms with van der Waals surface area (Å²) in [6.45, 7) is 7.69. The molecule has 0 aliphatic carbocycles. The lowest BCUT2D eigenvalue weighted by atomic mass is 10.1. The molecule has 1 aromatic carbocycles. The fourth-order valence-electron chi connectivity index (χ4n) is 3.35. The van der Waals surface area contributed by atoms with E-state index >= 15 is 0 Å². The molecular weight excluding hydrogens is 340 g/mol. The Morgan fingerprint density at radius 1 is 1.33 bits per heavy atom. The first kappa shape index (κ1) is 19.1. The molecule has 1 aromatic heterocycles. The molecule has 1 aliphatic heterocycles. The summed E-state index contributed by atoms with van der Waals surface area (Å²) in [6, 6.07) is 10.2. The van der Waals surface area contributed by atoms with Crippen LogP contribution in [-0.2, 0) is 16.1 Å². The first-order valence-corrected chi connectivity index (χ1v) is 9.38.